The van der Waals surface area contributed by atoms with Crippen molar-refractivity contribution < 1.29 is 4.79 Å². The van der Waals surface area contributed by atoms with Crippen molar-refractivity contribution in [1.29, 1.82) is 0 Å². The summed E-state index contributed by atoms with van der Waals surface area (Å²) in [5.74, 6) is -0.293. The first-order valence-electron chi connectivity index (χ1n) is 13.1. The number of nitrogens with zero attached hydrogens (tertiary/aromatic N) is 7. The lowest BCUT2D eigenvalue weighted by atomic mass is 9.96. The summed E-state index contributed by atoms with van der Waals surface area (Å²) in [6.07, 6.45) is 8.40. The lowest BCUT2D eigenvalue weighted by Crippen LogP contribution is -2.27. The quantitative estimate of drug-likeness (QED) is 0.292. The smallest absolute Gasteiger partial charge is 0.254 e. The van der Waals surface area contributed by atoms with E-state index in [1.165, 1.54) is 17.1 Å². The summed E-state index contributed by atoms with van der Waals surface area (Å²) in [4.78, 5) is 40.4. The maximum atomic E-state index is 13.7. The van der Waals surface area contributed by atoms with Crippen molar-refractivity contribution in [2.24, 2.45) is 5.92 Å². The number of benzene rings is 1. The number of carbonyl (C=O) groups is 1. The number of nitrogens with one attached hydrogen (secondary N) is 1. The Morgan fingerprint density at radius 1 is 0.976 bits per heavy atom. The molecular weight excluding hydrogens is 563 g/mol. The molecule has 12 heteroatoms. The molecule has 0 aliphatic carbocycles. The number of aromatic nitrogens is 7. The molecule has 1 aliphatic heterocycles. The molecule has 1 aliphatic rings. The Morgan fingerprint density at radius 2 is 1.85 bits per heavy atom. The van der Waals surface area contributed by atoms with Gasteiger partial charge in [-0.2, -0.15) is 0 Å². The minimum Gasteiger partial charge on any atom is -0.324 e. The Hall–Kier alpha value is -4.41. The number of carbonyl (C=O) groups excluding carboxylic acids is 1. The topological polar surface area (TPSA) is 120 Å². The molecule has 5 heterocycles. The third-order valence-electron chi connectivity index (χ3n) is 7.14. The molecule has 6 rings (SSSR count). The van der Waals surface area contributed by atoms with Crippen LogP contribution >= 0.6 is 23.2 Å². The van der Waals surface area contributed by atoms with E-state index in [1.807, 2.05) is 25.1 Å². The number of hydrogen-bond acceptors (Lipinski definition) is 7. The Bertz CT molecular complexity index is 1820. The zero-order chi connectivity index (χ0) is 28.5. The number of fused-ring (bicyclic) bond motifs is 4. The lowest BCUT2D eigenvalue weighted by molar-refractivity contribution is -0.119. The fourth-order valence-electron chi connectivity index (χ4n) is 5.01. The van der Waals surface area contributed by atoms with Gasteiger partial charge in [0, 0.05) is 40.5 Å². The van der Waals surface area contributed by atoms with Crippen LogP contribution < -0.4 is 10.9 Å². The molecule has 0 fully saturated rings. The molecule has 41 heavy (non-hydrogen) atoms. The summed E-state index contributed by atoms with van der Waals surface area (Å²) in [6, 6.07) is 13.6. The zero-order valence-corrected chi connectivity index (χ0v) is 23.4. The van der Waals surface area contributed by atoms with Crippen LogP contribution in [0.5, 0.6) is 0 Å². The fraction of sp³-hybridized carbons (Fsp3) is 0.207. The Balaban J connectivity index is 1.43. The predicted molar refractivity (Wildman–Crippen MR) is 156 cm³/mol. The lowest BCUT2D eigenvalue weighted by Gasteiger charge is -2.22. The van der Waals surface area contributed by atoms with Crippen molar-refractivity contribution in [2.75, 3.05) is 5.32 Å². The van der Waals surface area contributed by atoms with Crippen LogP contribution in [0.25, 0.3) is 28.2 Å². The highest BCUT2D eigenvalue weighted by Gasteiger charge is 2.23. The minimum absolute atomic E-state index is 0.0696. The number of anilines is 1. The van der Waals surface area contributed by atoms with Gasteiger partial charge >= 0.3 is 0 Å². The molecule has 0 spiro atoms. The number of amides is 1. The molecule has 206 valence electrons. The Morgan fingerprint density at radius 3 is 2.66 bits per heavy atom. The van der Waals surface area contributed by atoms with Gasteiger partial charge in [0.2, 0.25) is 5.91 Å². The number of rotatable bonds is 3. The second kappa shape index (κ2) is 11.2. The monoisotopic (exact) mass is 586 g/mol. The summed E-state index contributed by atoms with van der Waals surface area (Å²) in [7, 11) is 0. The molecule has 2 bridgehead atoms. The van der Waals surface area contributed by atoms with Crippen LogP contribution in [-0.4, -0.2) is 40.4 Å². The van der Waals surface area contributed by atoms with Crippen LogP contribution in [-0.2, 0) is 4.79 Å². The summed E-state index contributed by atoms with van der Waals surface area (Å²) in [5.41, 5.74) is 4.15. The van der Waals surface area contributed by atoms with Crippen LogP contribution in [0.1, 0.15) is 37.9 Å². The molecule has 4 aromatic heterocycles. The van der Waals surface area contributed by atoms with Gasteiger partial charge in [-0.1, -0.05) is 41.8 Å². The molecule has 5 aromatic rings. The van der Waals surface area contributed by atoms with Gasteiger partial charge in [-0.15, -0.1) is 5.10 Å². The average molecular weight is 587 g/mol. The third kappa shape index (κ3) is 5.48. The van der Waals surface area contributed by atoms with Gasteiger partial charge in [-0.3, -0.25) is 24.1 Å². The fourth-order valence-corrected chi connectivity index (χ4v) is 5.31. The van der Waals surface area contributed by atoms with Gasteiger partial charge in [-0.25, -0.2) is 9.67 Å². The summed E-state index contributed by atoms with van der Waals surface area (Å²) >= 11 is 12.3. The first kappa shape index (κ1) is 26.8. The van der Waals surface area contributed by atoms with Gasteiger partial charge in [0.15, 0.2) is 5.15 Å². The van der Waals surface area contributed by atoms with Crippen LogP contribution in [0.4, 0.5) is 5.69 Å². The third-order valence-corrected chi connectivity index (χ3v) is 7.55. The maximum Gasteiger partial charge on any atom is 0.254 e. The standard InChI is InChI=1S/C29H24Cl2N8O2/c1-17-4-2-6-25(23-12-18(9-11-32-23)28-21(35-29(17)41)5-3-10-33-28)38-16-34-22(14-27(38)40)20-13-19(30)7-8-24(20)39-15-26(31)36-37-39/h3,5,7-17,25H,2,4,6H2,1H3,(H,35,41)/t17-,25+/m1/s1. The van der Waals surface area contributed by atoms with Crippen LogP contribution in [0, 0.1) is 5.92 Å². The largest absolute Gasteiger partial charge is 0.324 e. The maximum absolute atomic E-state index is 13.7. The van der Waals surface area contributed by atoms with Crippen molar-refractivity contribution >= 4 is 34.8 Å². The van der Waals surface area contributed by atoms with Gasteiger partial charge in [0.25, 0.3) is 5.56 Å². The van der Waals surface area contributed by atoms with E-state index in [1.54, 1.807) is 47.4 Å². The summed E-state index contributed by atoms with van der Waals surface area (Å²) in [6.45, 7) is 1.90. The molecule has 1 aromatic carbocycles. The first-order chi connectivity index (χ1) is 19.9. The van der Waals surface area contributed by atoms with Gasteiger partial charge in [0.05, 0.1) is 47.0 Å². The van der Waals surface area contributed by atoms with Crippen molar-refractivity contribution in [2.45, 2.75) is 32.2 Å². The molecule has 0 saturated heterocycles. The SMILES string of the molecule is C[C@@H]1CCC[C@H](n2cnc(-c3cc(Cl)ccc3-n3cc(Cl)nn3)cc2=O)c2cc(ccn2)-c2ncccc2NC1=O. The summed E-state index contributed by atoms with van der Waals surface area (Å²) < 4.78 is 3.09. The van der Waals surface area contributed by atoms with Gasteiger partial charge in [0.1, 0.15) is 0 Å². The Kier molecular flexibility index (Phi) is 7.34. The zero-order valence-electron chi connectivity index (χ0n) is 21.9. The van der Waals surface area contributed by atoms with Crippen molar-refractivity contribution in [1.82, 2.24) is 34.5 Å². The molecule has 1 amide bonds. The number of pyridine rings is 2. The predicted octanol–water partition coefficient (Wildman–Crippen LogP) is 5.60. The molecule has 2 atom stereocenters. The molecule has 0 saturated carbocycles. The van der Waals surface area contributed by atoms with Crippen molar-refractivity contribution in [3.05, 3.63) is 99.7 Å². The van der Waals surface area contributed by atoms with E-state index < -0.39 is 6.04 Å². The van der Waals surface area contributed by atoms with Crippen LogP contribution in [0.15, 0.2) is 78.2 Å². The highest BCUT2D eigenvalue weighted by molar-refractivity contribution is 6.31. The van der Waals surface area contributed by atoms with E-state index >= 15 is 0 Å². The molecule has 0 radical (unpaired) electrons. The van der Waals surface area contributed by atoms with E-state index in [4.69, 9.17) is 23.2 Å². The van der Waals surface area contributed by atoms with Gasteiger partial charge < -0.3 is 5.32 Å². The molecule has 0 unspecified atom stereocenters. The van der Waals surface area contributed by atoms with E-state index in [0.717, 1.165) is 5.56 Å². The first-order valence-corrected chi connectivity index (χ1v) is 13.8. The van der Waals surface area contributed by atoms with E-state index in [-0.39, 0.29) is 22.5 Å². The highest BCUT2D eigenvalue weighted by Crippen LogP contribution is 2.32. The minimum atomic E-state index is -0.404. The molecular formula is C29H24Cl2N8O2. The van der Waals surface area contributed by atoms with E-state index in [2.05, 4.69) is 30.6 Å². The normalized spacial score (nSPS) is 17.2. The Labute approximate surface area is 245 Å². The molecule has 1 N–H and O–H groups in total. The highest BCUT2D eigenvalue weighted by atomic mass is 35.5. The second-order valence-electron chi connectivity index (χ2n) is 9.87. The van der Waals surface area contributed by atoms with Crippen molar-refractivity contribution in [3.63, 3.8) is 0 Å². The number of halogens is 2. The van der Waals surface area contributed by atoms with Crippen LogP contribution in [0.3, 0.4) is 0 Å². The average Bonchev–Trinajstić information content (AvgIpc) is 3.41. The van der Waals surface area contributed by atoms with Crippen LogP contribution in [0.2, 0.25) is 10.2 Å². The van der Waals surface area contributed by atoms with E-state index in [9.17, 15) is 9.59 Å². The van der Waals surface area contributed by atoms with Crippen molar-refractivity contribution in [3.8, 4) is 28.2 Å². The van der Waals surface area contributed by atoms with E-state index in [0.29, 0.717) is 58.3 Å². The number of hydrogen-bond donors (Lipinski definition) is 1. The van der Waals surface area contributed by atoms with Gasteiger partial charge in [-0.05, 0) is 55.3 Å². The second-order valence-corrected chi connectivity index (χ2v) is 10.7. The summed E-state index contributed by atoms with van der Waals surface area (Å²) in [5, 5.41) is 11.6. The molecule has 10 nitrogen and oxygen atoms in total.